The first kappa shape index (κ1) is 17.2. The van der Waals surface area contributed by atoms with E-state index >= 15 is 0 Å². The highest BCUT2D eigenvalue weighted by Crippen LogP contribution is 2.10. The van der Waals surface area contributed by atoms with Crippen molar-refractivity contribution in [3.63, 3.8) is 0 Å². The number of nitrogens with two attached hydrogens (primary N) is 1. The number of aryl methyl sites for hydroxylation is 1. The molecule has 0 aliphatic carbocycles. The summed E-state index contributed by atoms with van der Waals surface area (Å²) in [6.45, 7) is 2.24. The second-order valence-electron chi connectivity index (χ2n) is 5.47. The van der Waals surface area contributed by atoms with Gasteiger partial charge in [0.15, 0.2) is 0 Å². The van der Waals surface area contributed by atoms with Gasteiger partial charge in [-0.1, -0.05) is 42.0 Å². The molecule has 0 bridgehead atoms. The lowest BCUT2D eigenvalue weighted by molar-refractivity contribution is -0.136. The molecular weight excluding hydrogens is 306 g/mol. The van der Waals surface area contributed by atoms with Crippen LogP contribution in [0.3, 0.4) is 0 Å². The van der Waals surface area contributed by atoms with Gasteiger partial charge in [-0.3, -0.25) is 14.4 Å². The van der Waals surface area contributed by atoms with Crippen LogP contribution in [-0.2, 0) is 27.3 Å². The lowest BCUT2D eigenvalue weighted by Crippen LogP contribution is -2.34. The maximum atomic E-state index is 11.9. The minimum atomic E-state index is -0.745. The zero-order valence-corrected chi connectivity index (χ0v) is 13.3. The van der Waals surface area contributed by atoms with E-state index in [0.717, 1.165) is 16.7 Å². The first-order chi connectivity index (χ1) is 11.4. The van der Waals surface area contributed by atoms with Crippen LogP contribution in [0.4, 0.5) is 5.69 Å². The third kappa shape index (κ3) is 5.24. The highest BCUT2D eigenvalue weighted by molar-refractivity contribution is 6.39. The van der Waals surface area contributed by atoms with E-state index < -0.39 is 17.7 Å². The topological polar surface area (TPSA) is 101 Å². The number of primary amides is 1. The summed E-state index contributed by atoms with van der Waals surface area (Å²) in [5.41, 5.74) is 8.33. The molecular formula is C18H19N3O3. The summed E-state index contributed by atoms with van der Waals surface area (Å²) >= 11 is 0. The number of hydrogen-bond donors (Lipinski definition) is 3. The van der Waals surface area contributed by atoms with E-state index in [4.69, 9.17) is 5.73 Å². The molecule has 0 spiro atoms. The molecule has 0 radical (unpaired) electrons. The van der Waals surface area contributed by atoms with Crippen molar-refractivity contribution >= 4 is 23.4 Å². The Labute approximate surface area is 140 Å². The third-order valence-corrected chi connectivity index (χ3v) is 3.33. The monoisotopic (exact) mass is 325 g/mol. The number of rotatable bonds is 5. The fourth-order valence-corrected chi connectivity index (χ4v) is 2.18. The van der Waals surface area contributed by atoms with Crippen LogP contribution in [0.5, 0.6) is 0 Å². The minimum Gasteiger partial charge on any atom is -0.369 e. The second kappa shape index (κ2) is 7.92. The number of carbonyl (C=O) groups excluding carboxylic acids is 3. The SMILES string of the molecule is Cc1cccc(CNC(=O)C(=O)Nc2ccc(CC(N)=O)cc2)c1. The van der Waals surface area contributed by atoms with Crippen LogP contribution in [0.2, 0.25) is 0 Å². The highest BCUT2D eigenvalue weighted by Gasteiger charge is 2.13. The molecule has 3 amide bonds. The third-order valence-electron chi connectivity index (χ3n) is 3.33. The molecule has 6 nitrogen and oxygen atoms in total. The molecule has 0 saturated carbocycles. The molecule has 2 rings (SSSR count). The van der Waals surface area contributed by atoms with Gasteiger partial charge in [-0.2, -0.15) is 0 Å². The Morgan fingerprint density at radius 3 is 2.29 bits per heavy atom. The van der Waals surface area contributed by atoms with E-state index in [9.17, 15) is 14.4 Å². The van der Waals surface area contributed by atoms with Crippen LogP contribution < -0.4 is 16.4 Å². The summed E-state index contributed by atoms with van der Waals surface area (Å²) in [6, 6.07) is 14.2. The summed E-state index contributed by atoms with van der Waals surface area (Å²) in [4.78, 5) is 34.5. The molecule has 0 heterocycles. The molecule has 0 saturated heterocycles. The molecule has 0 aromatic heterocycles. The number of benzene rings is 2. The second-order valence-corrected chi connectivity index (χ2v) is 5.47. The Morgan fingerprint density at radius 2 is 1.67 bits per heavy atom. The molecule has 0 atom stereocenters. The number of hydrogen-bond acceptors (Lipinski definition) is 3. The summed E-state index contributed by atoms with van der Waals surface area (Å²) in [6.07, 6.45) is 0.130. The van der Waals surface area contributed by atoms with E-state index in [2.05, 4.69) is 10.6 Å². The van der Waals surface area contributed by atoms with Crippen molar-refractivity contribution in [2.75, 3.05) is 5.32 Å². The van der Waals surface area contributed by atoms with Gasteiger partial charge in [0.25, 0.3) is 0 Å². The molecule has 0 aliphatic heterocycles. The first-order valence-electron chi connectivity index (χ1n) is 7.46. The lowest BCUT2D eigenvalue weighted by Gasteiger charge is -2.08. The quantitative estimate of drug-likeness (QED) is 0.722. The Balaban J connectivity index is 1.87. The lowest BCUT2D eigenvalue weighted by atomic mass is 10.1. The predicted molar refractivity (Wildman–Crippen MR) is 91.0 cm³/mol. The number of anilines is 1. The predicted octanol–water partition coefficient (Wildman–Crippen LogP) is 1.28. The Hall–Kier alpha value is -3.15. The van der Waals surface area contributed by atoms with Gasteiger partial charge in [0.05, 0.1) is 6.42 Å². The molecule has 6 heteroatoms. The summed E-state index contributed by atoms with van der Waals surface area (Å²) in [7, 11) is 0. The molecule has 4 N–H and O–H groups in total. The molecule has 24 heavy (non-hydrogen) atoms. The van der Waals surface area contributed by atoms with Crippen molar-refractivity contribution in [3.05, 3.63) is 65.2 Å². The van der Waals surface area contributed by atoms with Gasteiger partial charge in [-0.15, -0.1) is 0 Å². The Kier molecular flexibility index (Phi) is 5.68. The zero-order valence-electron chi connectivity index (χ0n) is 13.3. The average Bonchev–Trinajstić information content (AvgIpc) is 2.54. The van der Waals surface area contributed by atoms with Gasteiger partial charge >= 0.3 is 11.8 Å². The average molecular weight is 325 g/mol. The van der Waals surface area contributed by atoms with Gasteiger partial charge in [0.1, 0.15) is 0 Å². The van der Waals surface area contributed by atoms with Crippen molar-refractivity contribution < 1.29 is 14.4 Å². The maximum Gasteiger partial charge on any atom is 0.313 e. The Bertz CT molecular complexity index is 754. The standard InChI is InChI=1S/C18H19N3O3/c1-12-3-2-4-14(9-12)11-20-17(23)18(24)21-15-7-5-13(6-8-15)10-16(19)22/h2-9H,10-11H2,1H3,(H2,19,22)(H,20,23)(H,21,24). The molecule has 0 fully saturated rings. The summed E-state index contributed by atoms with van der Waals surface area (Å²) < 4.78 is 0. The number of carbonyl (C=O) groups is 3. The highest BCUT2D eigenvalue weighted by atomic mass is 16.2. The van der Waals surface area contributed by atoms with Crippen molar-refractivity contribution in [3.8, 4) is 0 Å². The largest absolute Gasteiger partial charge is 0.369 e. The van der Waals surface area contributed by atoms with Crippen LogP contribution >= 0.6 is 0 Å². The van der Waals surface area contributed by atoms with Gasteiger partial charge in [0, 0.05) is 12.2 Å². The van der Waals surface area contributed by atoms with E-state index in [-0.39, 0.29) is 13.0 Å². The van der Waals surface area contributed by atoms with Crippen LogP contribution in [-0.4, -0.2) is 17.7 Å². The smallest absolute Gasteiger partial charge is 0.313 e. The first-order valence-corrected chi connectivity index (χ1v) is 7.46. The maximum absolute atomic E-state index is 11.9. The number of nitrogens with one attached hydrogen (secondary N) is 2. The van der Waals surface area contributed by atoms with Crippen molar-refractivity contribution in [2.24, 2.45) is 5.73 Å². The fraction of sp³-hybridized carbons (Fsp3) is 0.167. The van der Waals surface area contributed by atoms with Gasteiger partial charge in [0.2, 0.25) is 5.91 Å². The molecule has 0 aliphatic rings. The Morgan fingerprint density at radius 1 is 0.958 bits per heavy atom. The molecule has 0 unspecified atom stereocenters. The van der Waals surface area contributed by atoms with Crippen LogP contribution in [0.1, 0.15) is 16.7 Å². The van der Waals surface area contributed by atoms with Crippen molar-refractivity contribution in [2.45, 2.75) is 19.9 Å². The van der Waals surface area contributed by atoms with Gasteiger partial charge in [-0.05, 0) is 30.2 Å². The van der Waals surface area contributed by atoms with Crippen LogP contribution in [0.15, 0.2) is 48.5 Å². The summed E-state index contributed by atoms with van der Waals surface area (Å²) in [5.74, 6) is -1.88. The number of amides is 3. The molecule has 2 aromatic rings. The van der Waals surface area contributed by atoms with Crippen LogP contribution in [0.25, 0.3) is 0 Å². The van der Waals surface area contributed by atoms with Gasteiger partial charge < -0.3 is 16.4 Å². The minimum absolute atomic E-state index is 0.130. The molecule has 124 valence electrons. The van der Waals surface area contributed by atoms with E-state index in [0.29, 0.717) is 5.69 Å². The van der Waals surface area contributed by atoms with E-state index in [1.54, 1.807) is 24.3 Å². The van der Waals surface area contributed by atoms with Crippen molar-refractivity contribution in [1.29, 1.82) is 0 Å². The summed E-state index contributed by atoms with van der Waals surface area (Å²) in [5, 5.41) is 5.07. The normalized spacial score (nSPS) is 10.0. The van der Waals surface area contributed by atoms with E-state index in [1.807, 2.05) is 31.2 Å². The fourth-order valence-electron chi connectivity index (χ4n) is 2.18. The zero-order chi connectivity index (χ0) is 17.5. The van der Waals surface area contributed by atoms with E-state index in [1.165, 1.54) is 0 Å². The van der Waals surface area contributed by atoms with Gasteiger partial charge in [-0.25, -0.2) is 0 Å². The van der Waals surface area contributed by atoms with Crippen molar-refractivity contribution in [1.82, 2.24) is 5.32 Å². The molecule has 2 aromatic carbocycles. The van der Waals surface area contributed by atoms with Crippen LogP contribution in [0, 0.1) is 6.92 Å².